The molecule has 1 rings (SSSR count). The average Bonchev–Trinajstić information content (AvgIpc) is 1.86. The maximum Gasteiger partial charge on any atom is 0.0920 e. The molecule has 0 saturated heterocycles. The molecule has 1 nitrogen and oxygen atoms in total. The summed E-state index contributed by atoms with van der Waals surface area (Å²) in [7, 11) is 0. The first-order valence-corrected chi connectivity index (χ1v) is 4.49. The van der Waals surface area contributed by atoms with E-state index in [2.05, 4.69) is 19.6 Å². The molecule has 0 radical (unpaired) electrons. The standard InChI is InChI=1S/C9H19N.ClH/c1-3-8-5-4-6-9(2,10)7-8;/h8H,3-7,10H2,1-2H3;1H/t8-,9+;/m1./s1. The van der Waals surface area contributed by atoms with Gasteiger partial charge in [0.2, 0.25) is 0 Å². The molecule has 0 heterocycles. The molecule has 2 atom stereocenters. The van der Waals surface area contributed by atoms with Crippen LogP contribution in [0.3, 0.4) is 0 Å². The molecule has 0 unspecified atom stereocenters. The smallest absolute Gasteiger partial charge is 0.0920 e. The Morgan fingerprint density at radius 3 is 2.55 bits per heavy atom. The van der Waals surface area contributed by atoms with Crippen molar-refractivity contribution in [3.8, 4) is 0 Å². The molecular formula is C9H20ClN. The van der Waals surface area contributed by atoms with Crippen LogP contribution in [-0.2, 0) is 0 Å². The molecule has 68 valence electrons. The molecule has 11 heavy (non-hydrogen) atoms. The van der Waals surface area contributed by atoms with Gasteiger partial charge in [0, 0.05) is 12.8 Å². The number of quaternary nitrogens is 1. The Morgan fingerprint density at radius 1 is 1.55 bits per heavy atom. The summed E-state index contributed by atoms with van der Waals surface area (Å²) in [6.45, 7) is 4.60. The van der Waals surface area contributed by atoms with Crippen LogP contribution in [0.15, 0.2) is 0 Å². The number of hydrogen-bond acceptors (Lipinski definition) is 0. The van der Waals surface area contributed by atoms with Gasteiger partial charge in [-0.2, -0.15) is 0 Å². The van der Waals surface area contributed by atoms with Crippen LogP contribution in [0.1, 0.15) is 46.0 Å². The summed E-state index contributed by atoms with van der Waals surface area (Å²) >= 11 is 0. The molecule has 1 fully saturated rings. The topological polar surface area (TPSA) is 27.6 Å². The largest absolute Gasteiger partial charge is 1.00 e. The fraction of sp³-hybridized carbons (Fsp3) is 1.00. The van der Waals surface area contributed by atoms with Crippen LogP contribution in [0.2, 0.25) is 0 Å². The van der Waals surface area contributed by atoms with E-state index in [0.717, 1.165) is 5.92 Å². The third-order valence-corrected chi connectivity index (χ3v) is 2.75. The lowest BCUT2D eigenvalue weighted by atomic mass is 9.76. The van der Waals surface area contributed by atoms with Gasteiger partial charge in [0.15, 0.2) is 0 Å². The quantitative estimate of drug-likeness (QED) is 0.510. The lowest BCUT2D eigenvalue weighted by Crippen LogP contribution is -3.00. The molecule has 0 aromatic heterocycles. The van der Waals surface area contributed by atoms with Crippen LogP contribution in [0.4, 0.5) is 0 Å². The van der Waals surface area contributed by atoms with Gasteiger partial charge in [-0.15, -0.1) is 0 Å². The van der Waals surface area contributed by atoms with Crippen molar-refractivity contribution in [2.45, 2.75) is 51.5 Å². The summed E-state index contributed by atoms with van der Waals surface area (Å²) in [5.41, 5.74) is 4.63. The van der Waals surface area contributed by atoms with Crippen LogP contribution >= 0.6 is 0 Å². The monoisotopic (exact) mass is 177 g/mol. The van der Waals surface area contributed by atoms with E-state index in [0.29, 0.717) is 5.54 Å². The predicted octanol–water partition coefficient (Wildman–Crippen LogP) is -1.41. The molecular weight excluding hydrogens is 158 g/mol. The normalized spacial score (nSPS) is 37.9. The highest BCUT2D eigenvalue weighted by atomic mass is 35.5. The van der Waals surface area contributed by atoms with Gasteiger partial charge < -0.3 is 18.1 Å². The summed E-state index contributed by atoms with van der Waals surface area (Å²) in [5, 5.41) is 0. The molecule has 1 saturated carbocycles. The molecule has 2 heteroatoms. The molecule has 1 aliphatic carbocycles. The first-order valence-electron chi connectivity index (χ1n) is 4.49. The van der Waals surface area contributed by atoms with Gasteiger partial charge in [0.1, 0.15) is 0 Å². The van der Waals surface area contributed by atoms with E-state index in [1.807, 2.05) is 0 Å². The van der Waals surface area contributed by atoms with Crippen LogP contribution < -0.4 is 18.1 Å². The highest BCUT2D eigenvalue weighted by molar-refractivity contribution is 4.80. The lowest BCUT2D eigenvalue weighted by Gasteiger charge is -2.31. The minimum absolute atomic E-state index is 0. The molecule has 0 spiro atoms. The minimum atomic E-state index is 0. The fourth-order valence-corrected chi connectivity index (χ4v) is 2.07. The molecule has 0 amide bonds. The summed E-state index contributed by atoms with van der Waals surface area (Å²) < 4.78 is 0. The van der Waals surface area contributed by atoms with Gasteiger partial charge in [0.05, 0.1) is 5.54 Å². The van der Waals surface area contributed by atoms with Gasteiger partial charge in [0.25, 0.3) is 0 Å². The first-order chi connectivity index (χ1) is 4.64. The van der Waals surface area contributed by atoms with E-state index in [4.69, 9.17) is 0 Å². The van der Waals surface area contributed by atoms with Crippen molar-refractivity contribution in [3.05, 3.63) is 0 Å². The molecule has 0 aromatic carbocycles. The fourth-order valence-electron chi connectivity index (χ4n) is 2.07. The van der Waals surface area contributed by atoms with Crippen LogP contribution in [0.25, 0.3) is 0 Å². The number of rotatable bonds is 1. The SMILES string of the molecule is CC[C@@H]1CCC[C@](C)([NH3+])C1.[Cl-]. The Balaban J connectivity index is 0.000001000. The van der Waals surface area contributed by atoms with Gasteiger partial charge in [-0.1, -0.05) is 13.3 Å². The van der Waals surface area contributed by atoms with E-state index >= 15 is 0 Å². The zero-order valence-corrected chi connectivity index (χ0v) is 8.45. The summed E-state index contributed by atoms with van der Waals surface area (Å²) in [6.07, 6.45) is 6.89. The second-order valence-electron chi connectivity index (χ2n) is 4.18. The lowest BCUT2D eigenvalue weighted by molar-refractivity contribution is -0.480. The Hall–Kier alpha value is 0.250. The van der Waals surface area contributed by atoms with Gasteiger partial charge in [-0.3, -0.25) is 0 Å². The van der Waals surface area contributed by atoms with E-state index in [1.165, 1.54) is 32.1 Å². The van der Waals surface area contributed by atoms with E-state index in [9.17, 15) is 0 Å². The van der Waals surface area contributed by atoms with Gasteiger partial charge >= 0.3 is 0 Å². The summed E-state index contributed by atoms with van der Waals surface area (Å²) in [5.74, 6) is 0.969. The molecule has 3 N–H and O–H groups in total. The van der Waals surface area contributed by atoms with E-state index < -0.39 is 0 Å². The Morgan fingerprint density at radius 2 is 2.18 bits per heavy atom. The van der Waals surface area contributed by atoms with Crippen LogP contribution in [-0.4, -0.2) is 5.54 Å². The maximum absolute atomic E-state index is 4.23. The van der Waals surface area contributed by atoms with Crippen LogP contribution in [0.5, 0.6) is 0 Å². The molecule has 0 aromatic rings. The van der Waals surface area contributed by atoms with E-state index in [1.54, 1.807) is 0 Å². The minimum Gasteiger partial charge on any atom is -1.00 e. The second kappa shape index (κ2) is 4.32. The zero-order chi connectivity index (χ0) is 7.61. The zero-order valence-electron chi connectivity index (χ0n) is 7.70. The van der Waals surface area contributed by atoms with E-state index in [-0.39, 0.29) is 12.4 Å². The third-order valence-electron chi connectivity index (χ3n) is 2.75. The Bertz CT molecular complexity index is 112. The van der Waals surface area contributed by atoms with Crippen LogP contribution in [0, 0.1) is 5.92 Å². The average molecular weight is 178 g/mol. The van der Waals surface area contributed by atoms with Crippen molar-refractivity contribution in [1.82, 2.24) is 0 Å². The van der Waals surface area contributed by atoms with Crippen molar-refractivity contribution in [3.63, 3.8) is 0 Å². The predicted molar refractivity (Wildman–Crippen MR) is 43.5 cm³/mol. The van der Waals surface area contributed by atoms with Crippen molar-refractivity contribution < 1.29 is 18.1 Å². The highest BCUT2D eigenvalue weighted by Crippen LogP contribution is 2.30. The van der Waals surface area contributed by atoms with Crippen molar-refractivity contribution >= 4 is 0 Å². The summed E-state index contributed by atoms with van der Waals surface area (Å²) in [4.78, 5) is 0. The van der Waals surface area contributed by atoms with Gasteiger partial charge in [-0.05, 0) is 25.7 Å². The van der Waals surface area contributed by atoms with Crippen molar-refractivity contribution in [2.75, 3.05) is 0 Å². The van der Waals surface area contributed by atoms with Crippen molar-refractivity contribution in [1.29, 1.82) is 0 Å². The third kappa shape index (κ3) is 3.44. The highest BCUT2D eigenvalue weighted by Gasteiger charge is 2.30. The first kappa shape index (κ1) is 11.2. The Labute approximate surface area is 76.1 Å². The van der Waals surface area contributed by atoms with Gasteiger partial charge in [-0.25, -0.2) is 0 Å². The summed E-state index contributed by atoms with van der Waals surface area (Å²) in [6, 6.07) is 0. The molecule has 1 aliphatic rings. The van der Waals surface area contributed by atoms with Crippen molar-refractivity contribution in [2.24, 2.45) is 5.92 Å². The number of halogens is 1. The molecule has 0 bridgehead atoms. The maximum atomic E-state index is 4.23. The number of hydrogen-bond donors (Lipinski definition) is 1. The second-order valence-corrected chi connectivity index (χ2v) is 4.18. The Kier molecular flexibility index (Phi) is 4.42. The molecule has 0 aliphatic heterocycles.